The minimum atomic E-state index is -0.184. The second-order valence-electron chi connectivity index (χ2n) is 6.51. The Hall–Kier alpha value is -2.60. The Balaban J connectivity index is 1.41. The zero-order chi connectivity index (χ0) is 17.0. The van der Waals surface area contributed by atoms with E-state index < -0.39 is 0 Å². The van der Waals surface area contributed by atoms with E-state index in [0.29, 0.717) is 24.6 Å². The van der Waals surface area contributed by atoms with E-state index >= 15 is 0 Å². The van der Waals surface area contributed by atoms with Crippen LogP contribution in [0.15, 0.2) is 42.5 Å². The van der Waals surface area contributed by atoms with E-state index in [2.05, 4.69) is 12.1 Å². The van der Waals surface area contributed by atoms with E-state index in [9.17, 15) is 4.79 Å². The summed E-state index contributed by atoms with van der Waals surface area (Å²) >= 11 is 5.62. The normalized spacial score (nSPS) is 20.7. The third kappa shape index (κ3) is 2.28. The largest absolute Gasteiger partial charge is 0.454 e. The van der Waals surface area contributed by atoms with Gasteiger partial charge < -0.3 is 14.4 Å². The average Bonchev–Trinajstić information content (AvgIpc) is 3.19. The van der Waals surface area contributed by atoms with Crippen LogP contribution in [0.25, 0.3) is 0 Å². The van der Waals surface area contributed by atoms with Crippen molar-refractivity contribution < 1.29 is 14.3 Å². The van der Waals surface area contributed by atoms with Crippen molar-refractivity contribution in [2.45, 2.75) is 25.6 Å². The number of ether oxygens (including phenoxy) is 2. The summed E-state index contributed by atoms with van der Waals surface area (Å²) in [5.74, 6) is 1.55. The molecular formula is C19H16N2O3S. The maximum absolute atomic E-state index is 12.9. The van der Waals surface area contributed by atoms with Crippen molar-refractivity contribution in [2.24, 2.45) is 0 Å². The lowest BCUT2D eigenvalue weighted by molar-refractivity contribution is -0.128. The monoisotopic (exact) mass is 352 g/mol. The Labute approximate surface area is 150 Å². The number of fused-ring (bicyclic) bond motifs is 3. The molecule has 25 heavy (non-hydrogen) atoms. The van der Waals surface area contributed by atoms with Crippen LogP contribution < -0.4 is 9.47 Å². The van der Waals surface area contributed by atoms with Gasteiger partial charge in [-0.25, -0.2) is 0 Å². The lowest BCUT2D eigenvalue weighted by Gasteiger charge is -2.30. The van der Waals surface area contributed by atoms with Crippen molar-refractivity contribution in [3.8, 4) is 11.5 Å². The highest BCUT2D eigenvalue weighted by Gasteiger charge is 2.44. The van der Waals surface area contributed by atoms with Gasteiger partial charge in [-0.05, 0) is 41.0 Å². The molecule has 0 spiro atoms. The van der Waals surface area contributed by atoms with Crippen LogP contribution in [-0.2, 0) is 24.3 Å². The summed E-state index contributed by atoms with van der Waals surface area (Å²) in [4.78, 5) is 16.7. The fourth-order valence-corrected chi connectivity index (χ4v) is 4.09. The van der Waals surface area contributed by atoms with E-state index in [1.54, 1.807) is 4.90 Å². The molecule has 3 aliphatic rings. The predicted molar refractivity (Wildman–Crippen MR) is 95.2 cm³/mol. The predicted octanol–water partition coefficient (Wildman–Crippen LogP) is 2.47. The fourth-order valence-electron chi connectivity index (χ4n) is 3.74. The second-order valence-corrected chi connectivity index (χ2v) is 6.88. The minimum Gasteiger partial charge on any atom is -0.454 e. The van der Waals surface area contributed by atoms with Crippen molar-refractivity contribution in [3.63, 3.8) is 0 Å². The first-order chi connectivity index (χ1) is 12.2. The van der Waals surface area contributed by atoms with Crippen LogP contribution in [0.5, 0.6) is 11.5 Å². The molecule has 0 radical (unpaired) electrons. The van der Waals surface area contributed by atoms with Crippen LogP contribution >= 0.6 is 12.2 Å². The van der Waals surface area contributed by atoms with Crippen LogP contribution in [-0.4, -0.2) is 33.7 Å². The SMILES string of the molecule is O=C1[C@H]2Cc3ccccc3CN2C(=S)N1Cc1ccc2c(c1)OCO2. The second kappa shape index (κ2) is 5.46. The first kappa shape index (κ1) is 14.7. The topological polar surface area (TPSA) is 42.0 Å². The number of carbonyl (C=O) groups is 1. The van der Waals surface area contributed by atoms with Gasteiger partial charge in [-0.1, -0.05) is 30.3 Å². The van der Waals surface area contributed by atoms with Crippen LogP contribution in [0.2, 0.25) is 0 Å². The van der Waals surface area contributed by atoms with Gasteiger partial charge in [-0.3, -0.25) is 9.69 Å². The third-order valence-corrected chi connectivity index (χ3v) is 5.51. The zero-order valence-corrected chi connectivity index (χ0v) is 14.3. The lowest BCUT2D eigenvalue weighted by Crippen LogP contribution is -2.39. The summed E-state index contributed by atoms with van der Waals surface area (Å²) in [6, 6.07) is 13.8. The Bertz CT molecular complexity index is 855. The number of rotatable bonds is 2. The molecule has 0 aliphatic carbocycles. The highest BCUT2D eigenvalue weighted by Crippen LogP contribution is 2.34. The molecule has 5 rings (SSSR count). The van der Waals surface area contributed by atoms with Gasteiger partial charge in [0.05, 0.1) is 6.54 Å². The van der Waals surface area contributed by atoms with Gasteiger partial charge >= 0.3 is 0 Å². The van der Waals surface area contributed by atoms with E-state index in [4.69, 9.17) is 21.7 Å². The smallest absolute Gasteiger partial charge is 0.252 e. The molecule has 2 aromatic carbocycles. The summed E-state index contributed by atoms with van der Waals surface area (Å²) in [6.45, 7) is 1.40. The highest BCUT2D eigenvalue weighted by atomic mass is 32.1. The van der Waals surface area contributed by atoms with Crippen LogP contribution in [0.1, 0.15) is 16.7 Å². The van der Waals surface area contributed by atoms with E-state index in [1.165, 1.54) is 11.1 Å². The summed E-state index contributed by atoms with van der Waals surface area (Å²) < 4.78 is 10.8. The first-order valence-corrected chi connectivity index (χ1v) is 8.69. The van der Waals surface area contributed by atoms with Gasteiger partial charge in [0, 0.05) is 13.0 Å². The Morgan fingerprint density at radius 1 is 1.08 bits per heavy atom. The molecule has 5 nitrogen and oxygen atoms in total. The number of thiocarbonyl (C=S) groups is 1. The van der Waals surface area contributed by atoms with Gasteiger partial charge in [-0.2, -0.15) is 0 Å². The van der Waals surface area contributed by atoms with Crippen LogP contribution in [0.3, 0.4) is 0 Å². The Morgan fingerprint density at radius 3 is 2.76 bits per heavy atom. The summed E-state index contributed by atoms with van der Waals surface area (Å²) in [5.41, 5.74) is 3.47. The number of carbonyl (C=O) groups excluding carboxylic acids is 1. The molecule has 1 atom stereocenters. The number of hydrogen-bond acceptors (Lipinski definition) is 4. The van der Waals surface area contributed by atoms with Gasteiger partial charge in [0.2, 0.25) is 6.79 Å². The molecule has 1 saturated heterocycles. The number of hydrogen-bond donors (Lipinski definition) is 0. The minimum absolute atomic E-state index is 0.0807. The number of nitrogens with zero attached hydrogens (tertiary/aromatic N) is 2. The van der Waals surface area contributed by atoms with Gasteiger partial charge in [0.25, 0.3) is 5.91 Å². The Morgan fingerprint density at radius 2 is 1.88 bits per heavy atom. The van der Waals surface area contributed by atoms with Crippen molar-refractivity contribution in [3.05, 3.63) is 59.2 Å². The molecule has 0 N–H and O–H groups in total. The molecule has 0 aromatic heterocycles. The average molecular weight is 352 g/mol. The molecule has 1 fully saturated rings. The van der Waals surface area contributed by atoms with Crippen molar-refractivity contribution >= 4 is 23.2 Å². The lowest BCUT2D eigenvalue weighted by atomic mass is 9.95. The standard InChI is InChI=1S/C19H16N2O3S/c22-18-15-8-13-3-1-2-4-14(13)10-20(15)19(25)21(18)9-12-5-6-16-17(7-12)24-11-23-16/h1-7,15H,8-11H2/t15-/m1/s1. The van der Waals surface area contributed by atoms with Crippen molar-refractivity contribution in [1.82, 2.24) is 9.80 Å². The molecule has 0 bridgehead atoms. The van der Waals surface area contributed by atoms with Gasteiger partial charge in [0.15, 0.2) is 16.6 Å². The Kier molecular flexibility index (Phi) is 3.21. The summed E-state index contributed by atoms with van der Waals surface area (Å²) in [6.07, 6.45) is 0.715. The third-order valence-electron chi connectivity index (χ3n) is 5.05. The molecule has 0 saturated carbocycles. The van der Waals surface area contributed by atoms with Crippen LogP contribution in [0, 0.1) is 0 Å². The summed E-state index contributed by atoms with van der Waals surface area (Å²) in [7, 11) is 0. The maximum Gasteiger partial charge on any atom is 0.252 e. The molecule has 2 aromatic rings. The zero-order valence-electron chi connectivity index (χ0n) is 13.5. The molecule has 3 aliphatic heterocycles. The molecule has 6 heteroatoms. The highest BCUT2D eigenvalue weighted by molar-refractivity contribution is 7.80. The fraction of sp³-hybridized carbons (Fsp3) is 0.263. The van der Waals surface area contributed by atoms with Crippen molar-refractivity contribution in [2.75, 3.05) is 6.79 Å². The molecule has 0 unspecified atom stereocenters. The van der Waals surface area contributed by atoms with Crippen LogP contribution in [0.4, 0.5) is 0 Å². The number of amides is 1. The van der Waals surface area contributed by atoms with E-state index in [-0.39, 0.29) is 18.7 Å². The van der Waals surface area contributed by atoms with Gasteiger partial charge in [-0.15, -0.1) is 0 Å². The van der Waals surface area contributed by atoms with Gasteiger partial charge in [0.1, 0.15) is 6.04 Å². The molecule has 1 amide bonds. The molecular weight excluding hydrogens is 336 g/mol. The first-order valence-electron chi connectivity index (χ1n) is 8.28. The number of benzene rings is 2. The maximum atomic E-state index is 12.9. The van der Waals surface area contributed by atoms with E-state index in [0.717, 1.165) is 17.1 Å². The summed E-state index contributed by atoms with van der Waals surface area (Å²) in [5, 5.41) is 0.613. The van der Waals surface area contributed by atoms with Crippen molar-refractivity contribution in [1.29, 1.82) is 0 Å². The molecule has 126 valence electrons. The quantitative estimate of drug-likeness (QED) is 0.777. The molecule has 3 heterocycles. The van der Waals surface area contributed by atoms with E-state index in [1.807, 2.05) is 35.2 Å².